The average molecular weight is 444 g/mol. The Labute approximate surface area is 194 Å². The van der Waals surface area contributed by atoms with Crippen molar-refractivity contribution in [1.82, 2.24) is 9.88 Å². The number of cyclic esters (lactones) is 1. The number of pyridine rings is 1. The van der Waals surface area contributed by atoms with Gasteiger partial charge in [-0.1, -0.05) is 67.8 Å². The third-order valence-corrected chi connectivity index (χ3v) is 7.02. The molecular weight excluding hydrogens is 414 g/mol. The van der Waals surface area contributed by atoms with Gasteiger partial charge in [0.15, 0.2) is 0 Å². The zero-order chi connectivity index (χ0) is 23.1. The van der Waals surface area contributed by atoms with Gasteiger partial charge in [0.1, 0.15) is 17.2 Å². The molecule has 5 rings (SSSR count). The second-order valence-electron chi connectivity index (χ2n) is 9.58. The minimum Gasteiger partial charge on any atom is -0.441 e. The van der Waals surface area contributed by atoms with Gasteiger partial charge < -0.3 is 10.1 Å². The van der Waals surface area contributed by atoms with Crippen LogP contribution in [0.3, 0.4) is 0 Å². The summed E-state index contributed by atoms with van der Waals surface area (Å²) >= 11 is 0. The van der Waals surface area contributed by atoms with E-state index in [0.29, 0.717) is 18.5 Å². The molecule has 2 fully saturated rings. The van der Waals surface area contributed by atoms with Crippen LogP contribution in [0.15, 0.2) is 66.9 Å². The third kappa shape index (κ3) is 3.63. The molecular formula is C27H29N3O3. The van der Waals surface area contributed by atoms with Crippen molar-refractivity contribution in [3.8, 4) is 0 Å². The smallest absolute Gasteiger partial charge is 0.411 e. The highest BCUT2D eigenvalue weighted by Gasteiger charge is 2.59. The van der Waals surface area contributed by atoms with Crippen molar-refractivity contribution in [3.05, 3.63) is 72.4 Å². The van der Waals surface area contributed by atoms with Crippen molar-refractivity contribution < 1.29 is 14.3 Å². The number of para-hydroxylation sites is 1. The van der Waals surface area contributed by atoms with Crippen LogP contribution in [0.1, 0.15) is 57.6 Å². The fourth-order valence-corrected chi connectivity index (χ4v) is 5.51. The molecule has 6 heteroatoms. The summed E-state index contributed by atoms with van der Waals surface area (Å²) in [7, 11) is 0. The lowest BCUT2D eigenvalue weighted by Gasteiger charge is -2.45. The van der Waals surface area contributed by atoms with Crippen molar-refractivity contribution in [2.24, 2.45) is 0 Å². The van der Waals surface area contributed by atoms with E-state index in [1.807, 2.05) is 74.5 Å². The van der Waals surface area contributed by atoms with Gasteiger partial charge in [0, 0.05) is 11.6 Å². The van der Waals surface area contributed by atoms with E-state index in [1.54, 1.807) is 11.1 Å². The largest absolute Gasteiger partial charge is 0.441 e. The lowest BCUT2D eigenvalue weighted by atomic mass is 9.77. The van der Waals surface area contributed by atoms with Crippen LogP contribution in [-0.4, -0.2) is 33.0 Å². The number of fused-ring (bicyclic) bond motifs is 1. The lowest BCUT2D eigenvalue weighted by Crippen LogP contribution is -2.59. The Morgan fingerprint density at radius 2 is 1.73 bits per heavy atom. The molecule has 1 saturated heterocycles. The first-order chi connectivity index (χ1) is 15.9. The SMILES string of the molecule is CC1(C)OC(=O)N(C2(C(=O)Nc3cccc4cccnc34)CCCCC2)[C@H]1c1ccccc1. The molecule has 2 aliphatic rings. The van der Waals surface area contributed by atoms with Gasteiger partial charge in [0.25, 0.3) is 5.91 Å². The number of carbonyl (C=O) groups is 2. The van der Waals surface area contributed by atoms with E-state index in [4.69, 9.17) is 4.74 Å². The van der Waals surface area contributed by atoms with Gasteiger partial charge in [0.2, 0.25) is 0 Å². The summed E-state index contributed by atoms with van der Waals surface area (Å²) in [6.45, 7) is 3.84. The van der Waals surface area contributed by atoms with E-state index in [-0.39, 0.29) is 11.9 Å². The molecule has 2 heterocycles. The molecule has 1 aliphatic carbocycles. The van der Waals surface area contributed by atoms with Crippen molar-refractivity contribution in [1.29, 1.82) is 0 Å². The standard InChI is InChI=1S/C27H29N3O3/c1-26(2)23(20-11-5-3-6-12-20)30(25(32)33-26)27(16-7-4-8-17-27)24(31)29-21-15-9-13-19-14-10-18-28-22(19)21/h3,5-6,9-15,18,23H,4,7-8,16-17H2,1-2H3,(H,29,31)/t23-/m0/s1. The van der Waals surface area contributed by atoms with Gasteiger partial charge in [0.05, 0.1) is 11.2 Å². The van der Waals surface area contributed by atoms with Crippen molar-refractivity contribution >= 4 is 28.6 Å². The van der Waals surface area contributed by atoms with Crippen LogP contribution in [0.2, 0.25) is 0 Å². The first-order valence-corrected chi connectivity index (χ1v) is 11.6. The highest BCUT2D eigenvalue weighted by molar-refractivity contribution is 6.05. The lowest BCUT2D eigenvalue weighted by molar-refractivity contribution is -0.129. The van der Waals surface area contributed by atoms with Crippen LogP contribution in [0.5, 0.6) is 0 Å². The van der Waals surface area contributed by atoms with E-state index < -0.39 is 17.2 Å². The molecule has 1 N–H and O–H groups in total. The fraction of sp³-hybridized carbons (Fsp3) is 0.370. The van der Waals surface area contributed by atoms with Gasteiger partial charge in [-0.15, -0.1) is 0 Å². The molecule has 2 aromatic carbocycles. The second-order valence-corrected chi connectivity index (χ2v) is 9.58. The Hall–Kier alpha value is -3.41. The zero-order valence-corrected chi connectivity index (χ0v) is 19.1. The van der Waals surface area contributed by atoms with Crippen LogP contribution in [-0.2, 0) is 9.53 Å². The number of benzene rings is 2. The molecule has 1 aliphatic heterocycles. The number of amides is 2. The summed E-state index contributed by atoms with van der Waals surface area (Å²) in [4.78, 5) is 33.6. The van der Waals surface area contributed by atoms with Gasteiger partial charge in [-0.25, -0.2) is 4.79 Å². The molecule has 3 aromatic rings. The van der Waals surface area contributed by atoms with Crippen LogP contribution in [0, 0.1) is 0 Å². The highest BCUT2D eigenvalue weighted by Crippen LogP contribution is 2.49. The maximum atomic E-state index is 14.1. The van der Waals surface area contributed by atoms with Crippen LogP contribution < -0.4 is 5.32 Å². The number of hydrogen-bond acceptors (Lipinski definition) is 4. The Kier molecular flexibility index (Phi) is 5.31. The molecule has 0 spiro atoms. The van der Waals surface area contributed by atoms with Crippen LogP contribution in [0.25, 0.3) is 10.9 Å². The molecule has 33 heavy (non-hydrogen) atoms. The maximum Gasteiger partial charge on any atom is 0.411 e. The Morgan fingerprint density at radius 1 is 1.00 bits per heavy atom. The topological polar surface area (TPSA) is 71.5 Å². The number of nitrogens with zero attached hydrogens (tertiary/aromatic N) is 2. The number of nitrogens with one attached hydrogen (secondary N) is 1. The molecule has 1 aromatic heterocycles. The second kappa shape index (κ2) is 8.18. The third-order valence-electron chi connectivity index (χ3n) is 7.02. The molecule has 0 bridgehead atoms. The van der Waals surface area contributed by atoms with Crippen molar-refractivity contribution in [3.63, 3.8) is 0 Å². The number of rotatable bonds is 4. The molecule has 6 nitrogen and oxygen atoms in total. The van der Waals surface area contributed by atoms with E-state index in [9.17, 15) is 9.59 Å². The van der Waals surface area contributed by atoms with Crippen molar-refractivity contribution in [2.45, 2.75) is 63.1 Å². The summed E-state index contributed by atoms with van der Waals surface area (Å²) in [5, 5.41) is 4.10. The molecule has 1 saturated carbocycles. The quantitative estimate of drug-likeness (QED) is 0.549. The Morgan fingerprint density at radius 3 is 2.48 bits per heavy atom. The molecule has 0 unspecified atom stereocenters. The minimum atomic E-state index is -0.986. The maximum absolute atomic E-state index is 14.1. The van der Waals surface area contributed by atoms with Gasteiger partial charge in [-0.05, 0) is 44.4 Å². The Balaban J connectivity index is 1.58. The number of anilines is 1. The summed E-state index contributed by atoms with van der Waals surface area (Å²) in [6, 6.07) is 19.1. The van der Waals surface area contributed by atoms with Gasteiger partial charge >= 0.3 is 6.09 Å². The first kappa shape index (κ1) is 21.4. The summed E-state index contributed by atoms with van der Waals surface area (Å²) in [5.41, 5.74) is 0.623. The van der Waals surface area contributed by atoms with E-state index >= 15 is 0 Å². The van der Waals surface area contributed by atoms with Crippen LogP contribution >= 0.6 is 0 Å². The van der Waals surface area contributed by atoms with Gasteiger partial charge in [-0.2, -0.15) is 0 Å². The first-order valence-electron chi connectivity index (χ1n) is 11.6. The minimum absolute atomic E-state index is 0.170. The van der Waals surface area contributed by atoms with E-state index in [0.717, 1.165) is 35.7 Å². The summed E-state index contributed by atoms with van der Waals surface area (Å²) < 4.78 is 5.87. The predicted octanol–water partition coefficient (Wildman–Crippen LogP) is 5.85. The zero-order valence-electron chi connectivity index (χ0n) is 19.1. The highest BCUT2D eigenvalue weighted by atomic mass is 16.6. The normalized spacial score (nSPS) is 21.6. The molecule has 2 amide bonds. The molecule has 1 atom stereocenters. The van der Waals surface area contributed by atoms with E-state index in [1.165, 1.54) is 0 Å². The predicted molar refractivity (Wildman–Crippen MR) is 128 cm³/mol. The van der Waals surface area contributed by atoms with Crippen molar-refractivity contribution in [2.75, 3.05) is 5.32 Å². The average Bonchev–Trinajstić information content (AvgIpc) is 3.08. The number of aromatic nitrogens is 1. The molecule has 0 radical (unpaired) electrons. The Bertz CT molecular complexity index is 1180. The fourth-order valence-electron chi connectivity index (χ4n) is 5.51. The van der Waals surface area contributed by atoms with E-state index in [2.05, 4.69) is 10.3 Å². The number of carbonyl (C=O) groups excluding carboxylic acids is 2. The number of hydrogen-bond donors (Lipinski definition) is 1. The number of ether oxygens (including phenoxy) is 1. The molecule has 170 valence electrons. The van der Waals surface area contributed by atoms with Crippen LogP contribution in [0.4, 0.5) is 10.5 Å². The summed E-state index contributed by atoms with van der Waals surface area (Å²) in [5.74, 6) is -0.170. The van der Waals surface area contributed by atoms with Gasteiger partial charge in [-0.3, -0.25) is 14.7 Å². The monoisotopic (exact) mass is 443 g/mol. The summed E-state index contributed by atoms with van der Waals surface area (Å²) in [6.07, 6.45) is 5.31.